The van der Waals surface area contributed by atoms with Gasteiger partial charge in [-0.25, -0.2) is 0 Å². The summed E-state index contributed by atoms with van der Waals surface area (Å²) in [6.45, 7) is 6.37. The smallest absolute Gasteiger partial charge is 0.237 e. The molecule has 0 aliphatic heterocycles. The van der Waals surface area contributed by atoms with Gasteiger partial charge in [-0.15, -0.1) is 0 Å². The van der Waals surface area contributed by atoms with Crippen LogP contribution >= 0.6 is 0 Å². The monoisotopic (exact) mass is 235 g/mol. The molecule has 17 heavy (non-hydrogen) atoms. The standard InChI is InChI=1S/C13H21N3O/c1-4-9(2)12(14)13(17)15-8-11-7-5-6-10(3)16-11/h5-7,9,12H,4,8,14H2,1-3H3,(H,15,17)/t9-,12-/m0/s1. The molecule has 94 valence electrons. The summed E-state index contributed by atoms with van der Waals surface area (Å²) >= 11 is 0. The first kappa shape index (κ1) is 13.6. The van der Waals surface area contributed by atoms with E-state index in [2.05, 4.69) is 10.3 Å². The molecule has 0 radical (unpaired) electrons. The van der Waals surface area contributed by atoms with Crippen molar-refractivity contribution in [3.05, 3.63) is 29.6 Å². The number of rotatable bonds is 5. The number of aryl methyl sites for hydroxylation is 1. The summed E-state index contributed by atoms with van der Waals surface area (Å²) in [7, 11) is 0. The molecule has 2 atom stereocenters. The maximum Gasteiger partial charge on any atom is 0.237 e. The first-order chi connectivity index (χ1) is 8.04. The van der Waals surface area contributed by atoms with Crippen LogP contribution < -0.4 is 11.1 Å². The quantitative estimate of drug-likeness (QED) is 0.810. The lowest BCUT2D eigenvalue weighted by atomic mass is 9.99. The van der Waals surface area contributed by atoms with E-state index in [0.717, 1.165) is 17.8 Å². The van der Waals surface area contributed by atoms with Crippen molar-refractivity contribution in [2.45, 2.75) is 39.8 Å². The van der Waals surface area contributed by atoms with Crippen LogP contribution in [-0.4, -0.2) is 16.9 Å². The van der Waals surface area contributed by atoms with E-state index in [4.69, 9.17) is 5.73 Å². The molecule has 0 bridgehead atoms. The van der Waals surface area contributed by atoms with Crippen LogP contribution in [0.5, 0.6) is 0 Å². The number of amides is 1. The fourth-order valence-corrected chi connectivity index (χ4v) is 1.51. The van der Waals surface area contributed by atoms with Crippen molar-refractivity contribution in [3.63, 3.8) is 0 Å². The number of hydrogen-bond acceptors (Lipinski definition) is 3. The van der Waals surface area contributed by atoms with Gasteiger partial charge in [0.25, 0.3) is 0 Å². The Balaban J connectivity index is 2.48. The van der Waals surface area contributed by atoms with Gasteiger partial charge in [-0.1, -0.05) is 26.3 Å². The maximum atomic E-state index is 11.7. The lowest BCUT2D eigenvalue weighted by Gasteiger charge is -2.17. The number of nitrogens with two attached hydrogens (primary N) is 1. The van der Waals surface area contributed by atoms with Gasteiger partial charge in [0.2, 0.25) is 5.91 Å². The predicted molar refractivity (Wildman–Crippen MR) is 68.3 cm³/mol. The van der Waals surface area contributed by atoms with E-state index >= 15 is 0 Å². The normalized spacial score (nSPS) is 14.1. The summed E-state index contributed by atoms with van der Waals surface area (Å²) in [5, 5.41) is 2.81. The average Bonchev–Trinajstić information content (AvgIpc) is 2.34. The molecule has 0 unspecified atom stereocenters. The molecule has 4 nitrogen and oxygen atoms in total. The highest BCUT2D eigenvalue weighted by molar-refractivity contribution is 5.81. The van der Waals surface area contributed by atoms with Gasteiger partial charge < -0.3 is 11.1 Å². The lowest BCUT2D eigenvalue weighted by molar-refractivity contribution is -0.123. The van der Waals surface area contributed by atoms with Gasteiger partial charge in [-0.05, 0) is 25.0 Å². The van der Waals surface area contributed by atoms with Crippen LogP contribution in [-0.2, 0) is 11.3 Å². The molecule has 1 rings (SSSR count). The zero-order valence-corrected chi connectivity index (χ0v) is 10.7. The van der Waals surface area contributed by atoms with Crippen LogP contribution in [0.15, 0.2) is 18.2 Å². The number of nitrogens with one attached hydrogen (secondary N) is 1. The molecule has 1 heterocycles. The van der Waals surface area contributed by atoms with Gasteiger partial charge in [0.05, 0.1) is 18.3 Å². The summed E-state index contributed by atoms with van der Waals surface area (Å²) in [4.78, 5) is 16.1. The number of nitrogens with zero attached hydrogens (tertiary/aromatic N) is 1. The van der Waals surface area contributed by atoms with Crippen molar-refractivity contribution in [2.24, 2.45) is 11.7 Å². The summed E-state index contributed by atoms with van der Waals surface area (Å²) in [5.41, 5.74) is 7.64. The zero-order chi connectivity index (χ0) is 12.8. The number of aromatic nitrogens is 1. The molecule has 0 fully saturated rings. The van der Waals surface area contributed by atoms with Crippen LogP contribution in [0.25, 0.3) is 0 Å². The number of carbonyl (C=O) groups is 1. The summed E-state index contributed by atoms with van der Waals surface area (Å²) in [6, 6.07) is 5.31. The van der Waals surface area contributed by atoms with Crippen molar-refractivity contribution >= 4 is 5.91 Å². The number of hydrogen-bond donors (Lipinski definition) is 2. The van der Waals surface area contributed by atoms with Gasteiger partial charge in [-0.2, -0.15) is 0 Å². The topological polar surface area (TPSA) is 68.0 Å². The molecule has 1 aromatic heterocycles. The van der Waals surface area contributed by atoms with Crippen LogP contribution in [0.2, 0.25) is 0 Å². The summed E-state index contributed by atoms with van der Waals surface area (Å²) in [6.07, 6.45) is 0.900. The Bertz CT molecular complexity index is 379. The molecule has 3 N–H and O–H groups in total. The first-order valence-electron chi connectivity index (χ1n) is 6.00. The van der Waals surface area contributed by atoms with E-state index < -0.39 is 6.04 Å². The van der Waals surface area contributed by atoms with E-state index in [-0.39, 0.29) is 11.8 Å². The average molecular weight is 235 g/mol. The van der Waals surface area contributed by atoms with Crippen molar-refractivity contribution in [1.82, 2.24) is 10.3 Å². The Hall–Kier alpha value is -1.42. The molecule has 1 amide bonds. The summed E-state index contributed by atoms with van der Waals surface area (Å²) < 4.78 is 0. The second kappa shape index (κ2) is 6.35. The highest BCUT2D eigenvalue weighted by Crippen LogP contribution is 2.05. The van der Waals surface area contributed by atoms with Gasteiger partial charge >= 0.3 is 0 Å². The third-order valence-corrected chi connectivity index (χ3v) is 2.95. The van der Waals surface area contributed by atoms with Crippen molar-refractivity contribution in [1.29, 1.82) is 0 Å². The molecule has 0 saturated heterocycles. The van der Waals surface area contributed by atoms with Gasteiger partial charge in [0.15, 0.2) is 0 Å². The van der Waals surface area contributed by atoms with Crippen molar-refractivity contribution in [3.8, 4) is 0 Å². The molecule has 0 aliphatic rings. The minimum Gasteiger partial charge on any atom is -0.349 e. The molecule has 1 aromatic rings. The van der Waals surface area contributed by atoms with E-state index in [1.54, 1.807) is 0 Å². The Morgan fingerprint density at radius 3 is 2.82 bits per heavy atom. The number of pyridine rings is 1. The minimum absolute atomic E-state index is 0.109. The van der Waals surface area contributed by atoms with E-state index in [9.17, 15) is 4.79 Å². The Morgan fingerprint density at radius 1 is 1.53 bits per heavy atom. The number of carbonyl (C=O) groups excluding carboxylic acids is 1. The Labute approximate surface area is 103 Å². The SMILES string of the molecule is CC[C@H](C)[C@H](N)C(=O)NCc1cccc(C)n1. The fourth-order valence-electron chi connectivity index (χ4n) is 1.51. The van der Waals surface area contributed by atoms with Gasteiger partial charge in [-0.3, -0.25) is 9.78 Å². The summed E-state index contributed by atoms with van der Waals surface area (Å²) in [5.74, 6) is 0.0862. The maximum absolute atomic E-state index is 11.7. The molecule has 0 saturated carbocycles. The predicted octanol–water partition coefficient (Wildman–Crippen LogP) is 1.38. The second-order valence-corrected chi connectivity index (χ2v) is 4.40. The highest BCUT2D eigenvalue weighted by atomic mass is 16.2. The third kappa shape index (κ3) is 4.15. The van der Waals surface area contributed by atoms with E-state index in [0.29, 0.717) is 6.54 Å². The van der Waals surface area contributed by atoms with E-state index in [1.165, 1.54) is 0 Å². The fraction of sp³-hybridized carbons (Fsp3) is 0.538. The third-order valence-electron chi connectivity index (χ3n) is 2.95. The first-order valence-corrected chi connectivity index (χ1v) is 6.00. The molecule has 0 spiro atoms. The zero-order valence-electron chi connectivity index (χ0n) is 10.7. The van der Waals surface area contributed by atoms with Crippen molar-refractivity contribution in [2.75, 3.05) is 0 Å². The van der Waals surface area contributed by atoms with E-state index in [1.807, 2.05) is 39.0 Å². The second-order valence-electron chi connectivity index (χ2n) is 4.40. The molecule has 0 aliphatic carbocycles. The largest absolute Gasteiger partial charge is 0.349 e. The van der Waals surface area contributed by atoms with Crippen LogP contribution in [0.1, 0.15) is 31.7 Å². The molecule has 0 aromatic carbocycles. The van der Waals surface area contributed by atoms with Crippen LogP contribution in [0.3, 0.4) is 0 Å². The van der Waals surface area contributed by atoms with Gasteiger partial charge in [0, 0.05) is 5.69 Å². The van der Waals surface area contributed by atoms with Crippen molar-refractivity contribution < 1.29 is 4.79 Å². The highest BCUT2D eigenvalue weighted by Gasteiger charge is 2.18. The van der Waals surface area contributed by atoms with Crippen LogP contribution in [0, 0.1) is 12.8 Å². The Kier molecular flexibility index (Phi) is 5.10. The molecular weight excluding hydrogens is 214 g/mol. The minimum atomic E-state index is -0.440. The lowest BCUT2D eigenvalue weighted by Crippen LogP contribution is -2.44. The van der Waals surface area contributed by atoms with Gasteiger partial charge in [0.1, 0.15) is 0 Å². The molecular formula is C13H21N3O. The Morgan fingerprint density at radius 2 is 2.24 bits per heavy atom. The molecule has 4 heteroatoms. The van der Waals surface area contributed by atoms with Crippen LogP contribution in [0.4, 0.5) is 0 Å².